The van der Waals surface area contributed by atoms with Crippen molar-refractivity contribution < 1.29 is 21.5 Å². The van der Waals surface area contributed by atoms with E-state index in [0.717, 1.165) is 0 Å². The maximum Gasteiger partial charge on any atom is 0.105 e. The lowest BCUT2D eigenvalue weighted by Gasteiger charge is -2.39. The lowest BCUT2D eigenvalue weighted by molar-refractivity contribution is -0.954. The zero-order chi connectivity index (χ0) is 22.0. The van der Waals surface area contributed by atoms with Crippen molar-refractivity contribution in [1.82, 2.24) is 0 Å². The first-order valence-electron chi connectivity index (χ1n) is 13.2. The number of quaternary nitrogens is 1. The van der Waals surface area contributed by atoms with Crippen LogP contribution in [-0.4, -0.2) is 17.6 Å². The van der Waals surface area contributed by atoms with E-state index in [9.17, 15) is 0 Å². The molecule has 0 spiro atoms. The van der Waals surface area contributed by atoms with Gasteiger partial charge in [-0.2, -0.15) is 0 Å². The van der Waals surface area contributed by atoms with E-state index in [1.807, 2.05) is 0 Å². The Bertz CT molecular complexity index is 596. The van der Waals surface area contributed by atoms with Gasteiger partial charge >= 0.3 is 0 Å². The minimum atomic E-state index is 0. The molecule has 0 bridgehead atoms. The van der Waals surface area contributed by atoms with Crippen molar-refractivity contribution in [3.05, 3.63) is 71.8 Å². The number of benzene rings is 2. The Hall–Kier alpha value is -1.12. The number of rotatable bonds is 18. The van der Waals surface area contributed by atoms with Crippen LogP contribution in [-0.2, 0) is 13.1 Å². The molecule has 0 aliphatic heterocycles. The summed E-state index contributed by atoms with van der Waals surface area (Å²) in [5.41, 5.74) is 2.99. The first kappa shape index (κ1) is 28.9. The second-order valence-electron chi connectivity index (χ2n) is 9.61. The Balaban J connectivity index is 0.00000512. The maximum absolute atomic E-state index is 2.33. The lowest BCUT2D eigenvalue weighted by Crippen LogP contribution is -3.00. The van der Waals surface area contributed by atoms with Crippen LogP contribution in [0.2, 0.25) is 0 Å². The summed E-state index contributed by atoms with van der Waals surface area (Å²) in [6, 6.07) is 22.5. The van der Waals surface area contributed by atoms with Gasteiger partial charge in [-0.15, -0.1) is 0 Å². The van der Waals surface area contributed by atoms with E-state index >= 15 is 0 Å². The lowest BCUT2D eigenvalue weighted by atomic mass is 10.0. The average Bonchev–Trinajstić information content (AvgIpc) is 2.80. The van der Waals surface area contributed by atoms with E-state index in [1.54, 1.807) is 0 Å². The van der Waals surface area contributed by atoms with E-state index < -0.39 is 0 Å². The third-order valence-corrected chi connectivity index (χ3v) is 6.69. The molecule has 0 fully saturated rings. The first-order valence-corrected chi connectivity index (χ1v) is 13.2. The van der Waals surface area contributed by atoms with Gasteiger partial charge in [0.05, 0.1) is 13.1 Å². The summed E-state index contributed by atoms with van der Waals surface area (Å²) in [6.07, 6.45) is 16.6. The van der Waals surface area contributed by atoms with Crippen LogP contribution in [0.15, 0.2) is 60.7 Å². The van der Waals surface area contributed by atoms with Gasteiger partial charge < -0.3 is 21.5 Å². The second-order valence-corrected chi connectivity index (χ2v) is 9.61. The summed E-state index contributed by atoms with van der Waals surface area (Å²) in [7, 11) is 0. The van der Waals surface area contributed by atoms with Gasteiger partial charge in [0.25, 0.3) is 0 Å². The highest BCUT2D eigenvalue weighted by molar-refractivity contribution is 5.15. The molecule has 32 heavy (non-hydrogen) atoms. The summed E-state index contributed by atoms with van der Waals surface area (Å²) >= 11 is 0. The predicted molar refractivity (Wildman–Crippen MR) is 137 cm³/mol. The molecule has 0 aliphatic carbocycles. The number of hydrogen-bond acceptors (Lipinski definition) is 0. The standard InChI is InChI=1S/C30H48N.BrH/c1-3-5-7-9-11-19-25-31(26-20-12-10-8-6-4-2,27-29-21-15-13-16-22-29)28-30-23-17-14-18-24-30;/h13-18,21-24H,3-12,19-20,25-28H2,1-2H3;1H/q+1;/p-1. The monoisotopic (exact) mass is 501 g/mol. The minimum Gasteiger partial charge on any atom is -1.00 e. The van der Waals surface area contributed by atoms with E-state index in [1.165, 1.54) is 119 Å². The van der Waals surface area contributed by atoms with E-state index in [0.29, 0.717) is 0 Å². The predicted octanol–water partition coefficient (Wildman–Crippen LogP) is 5.93. The molecule has 2 aromatic rings. The summed E-state index contributed by atoms with van der Waals surface area (Å²) < 4.78 is 1.22. The molecule has 2 aromatic carbocycles. The second kappa shape index (κ2) is 18.3. The van der Waals surface area contributed by atoms with E-state index in [-0.39, 0.29) is 17.0 Å². The Labute approximate surface area is 210 Å². The molecule has 0 radical (unpaired) electrons. The molecule has 0 saturated carbocycles. The van der Waals surface area contributed by atoms with Gasteiger partial charge in [0.15, 0.2) is 0 Å². The molecule has 0 atom stereocenters. The van der Waals surface area contributed by atoms with Gasteiger partial charge in [0.2, 0.25) is 0 Å². The van der Waals surface area contributed by atoms with Crippen LogP contribution in [0.4, 0.5) is 0 Å². The van der Waals surface area contributed by atoms with Crippen molar-refractivity contribution in [3.63, 3.8) is 0 Å². The van der Waals surface area contributed by atoms with Crippen LogP contribution in [0.1, 0.15) is 102 Å². The quantitative estimate of drug-likeness (QED) is 0.175. The number of unbranched alkanes of at least 4 members (excludes halogenated alkanes) is 10. The molecule has 0 amide bonds. The summed E-state index contributed by atoms with van der Waals surface area (Å²) in [5, 5.41) is 0. The minimum absolute atomic E-state index is 0. The molecular weight excluding hydrogens is 454 g/mol. The van der Waals surface area contributed by atoms with Crippen LogP contribution in [0.25, 0.3) is 0 Å². The van der Waals surface area contributed by atoms with Gasteiger partial charge in [-0.05, 0) is 25.7 Å². The van der Waals surface area contributed by atoms with Crippen LogP contribution < -0.4 is 17.0 Å². The zero-order valence-corrected chi connectivity index (χ0v) is 22.5. The fourth-order valence-corrected chi connectivity index (χ4v) is 4.88. The Morgan fingerprint density at radius 1 is 0.469 bits per heavy atom. The average molecular weight is 503 g/mol. The largest absolute Gasteiger partial charge is 1.00 e. The van der Waals surface area contributed by atoms with Crippen molar-refractivity contribution in [1.29, 1.82) is 0 Å². The number of halogens is 1. The Morgan fingerprint density at radius 3 is 1.19 bits per heavy atom. The number of nitrogens with zero attached hydrogens (tertiary/aromatic N) is 1. The molecule has 0 aromatic heterocycles. The van der Waals surface area contributed by atoms with Crippen molar-refractivity contribution in [2.45, 2.75) is 104 Å². The molecule has 0 saturated heterocycles. The third kappa shape index (κ3) is 12.2. The highest BCUT2D eigenvalue weighted by atomic mass is 79.9. The molecule has 180 valence electrons. The SMILES string of the molecule is CCCCCCCC[N+](CCCCCCCC)(Cc1ccccc1)Cc1ccccc1.[Br-]. The highest BCUT2D eigenvalue weighted by Crippen LogP contribution is 2.24. The topological polar surface area (TPSA) is 0 Å². The smallest absolute Gasteiger partial charge is 0.105 e. The fraction of sp³-hybridized carbons (Fsp3) is 0.600. The maximum atomic E-state index is 2.33. The summed E-state index contributed by atoms with van der Waals surface area (Å²) in [6.45, 7) is 9.57. The Morgan fingerprint density at radius 2 is 0.812 bits per heavy atom. The van der Waals surface area contributed by atoms with Crippen molar-refractivity contribution >= 4 is 0 Å². The van der Waals surface area contributed by atoms with Crippen LogP contribution in [0.3, 0.4) is 0 Å². The van der Waals surface area contributed by atoms with Gasteiger partial charge in [0, 0.05) is 11.1 Å². The highest BCUT2D eigenvalue weighted by Gasteiger charge is 2.27. The van der Waals surface area contributed by atoms with Crippen molar-refractivity contribution in [3.8, 4) is 0 Å². The summed E-state index contributed by atoms with van der Waals surface area (Å²) in [5.74, 6) is 0. The Kier molecular flexibility index (Phi) is 16.6. The fourth-order valence-electron chi connectivity index (χ4n) is 4.88. The molecular formula is C30H48BrN. The van der Waals surface area contributed by atoms with Gasteiger partial charge in [-0.3, -0.25) is 0 Å². The molecule has 1 nitrogen and oxygen atoms in total. The van der Waals surface area contributed by atoms with Gasteiger partial charge in [-0.1, -0.05) is 126 Å². The zero-order valence-electron chi connectivity index (χ0n) is 20.9. The van der Waals surface area contributed by atoms with Crippen molar-refractivity contribution in [2.75, 3.05) is 13.1 Å². The van der Waals surface area contributed by atoms with Crippen LogP contribution in [0.5, 0.6) is 0 Å². The van der Waals surface area contributed by atoms with Gasteiger partial charge in [-0.25, -0.2) is 0 Å². The first-order chi connectivity index (χ1) is 15.3. The van der Waals surface area contributed by atoms with Crippen LogP contribution in [0, 0.1) is 0 Å². The van der Waals surface area contributed by atoms with Gasteiger partial charge in [0.1, 0.15) is 13.1 Å². The number of hydrogen-bond donors (Lipinski definition) is 0. The molecule has 2 heteroatoms. The molecule has 0 unspecified atom stereocenters. The third-order valence-electron chi connectivity index (χ3n) is 6.69. The molecule has 0 heterocycles. The summed E-state index contributed by atoms with van der Waals surface area (Å²) in [4.78, 5) is 0. The normalized spacial score (nSPS) is 11.3. The van der Waals surface area contributed by atoms with Crippen LogP contribution >= 0.6 is 0 Å². The molecule has 0 N–H and O–H groups in total. The van der Waals surface area contributed by atoms with E-state index in [4.69, 9.17) is 0 Å². The van der Waals surface area contributed by atoms with E-state index in [2.05, 4.69) is 74.5 Å². The molecule has 0 aliphatic rings. The van der Waals surface area contributed by atoms with Crippen molar-refractivity contribution in [2.24, 2.45) is 0 Å². The molecule has 2 rings (SSSR count).